The van der Waals surface area contributed by atoms with E-state index in [0.717, 1.165) is 19.6 Å². The van der Waals surface area contributed by atoms with Gasteiger partial charge in [0.25, 0.3) is 0 Å². The summed E-state index contributed by atoms with van der Waals surface area (Å²) >= 11 is 0. The average Bonchev–Trinajstić information content (AvgIpc) is 2.91. The summed E-state index contributed by atoms with van der Waals surface area (Å²) in [4.78, 5) is 2.36. The number of hydrogen-bond acceptors (Lipinski definition) is 3. The largest absolute Gasteiger partial charge is 0.346 e. The molecule has 3 nitrogen and oxygen atoms in total. The van der Waals surface area contributed by atoms with Crippen LogP contribution in [-0.4, -0.2) is 43.5 Å². The third kappa shape index (κ3) is 4.46. The normalized spacial score (nSPS) is 23.5. The van der Waals surface area contributed by atoms with Crippen LogP contribution in [0.25, 0.3) is 6.08 Å². The van der Waals surface area contributed by atoms with Crippen molar-refractivity contribution < 1.29 is 9.47 Å². The van der Waals surface area contributed by atoms with Crippen molar-refractivity contribution >= 4 is 6.08 Å². The highest BCUT2D eigenvalue weighted by molar-refractivity contribution is 5.49. The molecular weight excluding hydrogens is 238 g/mol. The van der Waals surface area contributed by atoms with Crippen LogP contribution in [0.5, 0.6) is 0 Å². The number of hydrogen-bond donors (Lipinski definition) is 0. The van der Waals surface area contributed by atoms with Crippen LogP contribution >= 0.6 is 0 Å². The summed E-state index contributed by atoms with van der Waals surface area (Å²) in [5.41, 5.74) is 1.17. The molecule has 0 saturated carbocycles. The Morgan fingerprint density at radius 2 is 1.95 bits per heavy atom. The summed E-state index contributed by atoms with van der Waals surface area (Å²) < 4.78 is 11.5. The summed E-state index contributed by atoms with van der Waals surface area (Å²) in [5.74, 6) is 0. The van der Waals surface area contributed by atoms with Crippen molar-refractivity contribution in [3.05, 3.63) is 42.0 Å². The van der Waals surface area contributed by atoms with Gasteiger partial charge >= 0.3 is 0 Å². The van der Waals surface area contributed by atoms with Crippen molar-refractivity contribution in [2.24, 2.45) is 0 Å². The lowest BCUT2D eigenvalue weighted by Crippen LogP contribution is -2.33. The Morgan fingerprint density at radius 3 is 2.63 bits per heavy atom. The Labute approximate surface area is 115 Å². The quantitative estimate of drug-likeness (QED) is 0.786. The van der Waals surface area contributed by atoms with Crippen molar-refractivity contribution in [3.63, 3.8) is 0 Å². The maximum absolute atomic E-state index is 5.87. The van der Waals surface area contributed by atoms with Gasteiger partial charge in [0, 0.05) is 6.54 Å². The minimum atomic E-state index is -0.208. The number of nitrogens with zero attached hydrogens (tertiary/aromatic N) is 1. The molecule has 1 fully saturated rings. The van der Waals surface area contributed by atoms with Crippen LogP contribution in [0.2, 0.25) is 0 Å². The molecule has 0 aromatic heterocycles. The molecule has 2 atom stereocenters. The van der Waals surface area contributed by atoms with Gasteiger partial charge in [-0.05, 0) is 24.7 Å². The molecule has 0 aliphatic carbocycles. The van der Waals surface area contributed by atoms with E-state index in [4.69, 9.17) is 9.47 Å². The number of rotatable bonds is 6. The molecule has 1 aliphatic heterocycles. The van der Waals surface area contributed by atoms with E-state index in [2.05, 4.69) is 30.9 Å². The molecule has 0 radical (unpaired) electrons. The molecular formula is C16H23NO2. The van der Waals surface area contributed by atoms with Gasteiger partial charge in [-0.1, -0.05) is 50.3 Å². The van der Waals surface area contributed by atoms with Crippen LogP contribution < -0.4 is 0 Å². The highest BCUT2D eigenvalue weighted by Gasteiger charge is 2.25. The standard InChI is InChI=1S/C16H23NO2/c1-3-17(4-2)12-15-13-18-16(19-15)11-10-14-8-6-5-7-9-14/h5-11,15-16H,3-4,12-13H2,1-2H3/b11-10+/t15-,16+/m1/s1. The fourth-order valence-electron chi connectivity index (χ4n) is 2.19. The van der Waals surface area contributed by atoms with E-state index in [-0.39, 0.29) is 12.4 Å². The smallest absolute Gasteiger partial charge is 0.177 e. The Bertz CT molecular complexity index is 387. The summed E-state index contributed by atoms with van der Waals surface area (Å²) in [7, 11) is 0. The first kappa shape index (κ1) is 14.3. The van der Waals surface area contributed by atoms with Gasteiger partial charge in [0.2, 0.25) is 0 Å². The van der Waals surface area contributed by atoms with Crippen LogP contribution in [0, 0.1) is 0 Å². The SMILES string of the molecule is CCN(CC)C[C@@H]1CO[C@H](/C=C/c2ccccc2)O1. The lowest BCUT2D eigenvalue weighted by Gasteiger charge is -2.20. The van der Waals surface area contributed by atoms with Gasteiger partial charge in [-0.15, -0.1) is 0 Å². The summed E-state index contributed by atoms with van der Waals surface area (Å²) in [5, 5.41) is 0. The van der Waals surface area contributed by atoms with Crippen LogP contribution in [0.4, 0.5) is 0 Å². The van der Waals surface area contributed by atoms with Gasteiger partial charge in [-0.25, -0.2) is 0 Å². The van der Waals surface area contributed by atoms with Gasteiger partial charge < -0.3 is 14.4 Å². The van der Waals surface area contributed by atoms with Crippen molar-refractivity contribution in [2.75, 3.05) is 26.2 Å². The van der Waals surface area contributed by atoms with Gasteiger partial charge in [0.15, 0.2) is 6.29 Å². The summed E-state index contributed by atoms with van der Waals surface area (Å²) in [6.45, 7) is 8.09. The molecule has 2 rings (SSSR count). The van der Waals surface area contributed by atoms with Crippen molar-refractivity contribution in [2.45, 2.75) is 26.2 Å². The molecule has 0 spiro atoms. The zero-order chi connectivity index (χ0) is 13.5. The van der Waals surface area contributed by atoms with Crippen molar-refractivity contribution in [3.8, 4) is 0 Å². The van der Waals surface area contributed by atoms with E-state index in [1.165, 1.54) is 5.56 Å². The molecule has 0 amide bonds. The number of likely N-dealkylation sites (N-methyl/N-ethyl adjacent to an activating group) is 1. The summed E-state index contributed by atoms with van der Waals surface area (Å²) in [6.07, 6.45) is 4.01. The first-order chi connectivity index (χ1) is 9.31. The van der Waals surface area contributed by atoms with Crippen LogP contribution in [0.1, 0.15) is 19.4 Å². The topological polar surface area (TPSA) is 21.7 Å². The van der Waals surface area contributed by atoms with E-state index in [1.54, 1.807) is 0 Å². The third-order valence-electron chi connectivity index (χ3n) is 3.37. The molecule has 0 unspecified atom stereocenters. The Kier molecular flexibility index (Phi) is 5.58. The number of benzene rings is 1. The predicted octanol–water partition coefficient (Wildman–Crippen LogP) is 2.78. The zero-order valence-electron chi connectivity index (χ0n) is 11.8. The molecule has 1 heterocycles. The molecule has 0 bridgehead atoms. The fraction of sp³-hybridized carbons (Fsp3) is 0.500. The van der Waals surface area contributed by atoms with Crippen LogP contribution in [0.15, 0.2) is 36.4 Å². The maximum atomic E-state index is 5.87. The second-order valence-electron chi connectivity index (χ2n) is 4.72. The van der Waals surface area contributed by atoms with Gasteiger partial charge in [0.05, 0.1) is 12.7 Å². The molecule has 1 aliphatic rings. The lowest BCUT2D eigenvalue weighted by molar-refractivity contribution is -0.0245. The van der Waals surface area contributed by atoms with Gasteiger partial charge in [-0.2, -0.15) is 0 Å². The van der Waals surface area contributed by atoms with E-state index in [1.807, 2.05) is 30.4 Å². The molecule has 19 heavy (non-hydrogen) atoms. The van der Waals surface area contributed by atoms with Gasteiger partial charge in [0.1, 0.15) is 0 Å². The highest BCUT2D eigenvalue weighted by Crippen LogP contribution is 2.15. The molecule has 1 aromatic rings. The monoisotopic (exact) mass is 261 g/mol. The first-order valence-electron chi connectivity index (χ1n) is 7.04. The first-order valence-corrected chi connectivity index (χ1v) is 7.04. The zero-order valence-corrected chi connectivity index (χ0v) is 11.8. The minimum absolute atomic E-state index is 0.185. The molecule has 0 N–H and O–H groups in total. The highest BCUT2D eigenvalue weighted by atomic mass is 16.7. The molecule has 104 valence electrons. The Morgan fingerprint density at radius 1 is 1.21 bits per heavy atom. The number of ether oxygens (including phenoxy) is 2. The second kappa shape index (κ2) is 7.43. The van der Waals surface area contributed by atoms with Crippen molar-refractivity contribution in [1.82, 2.24) is 4.90 Å². The minimum Gasteiger partial charge on any atom is -0.346 e. The fourth-order valence-corrected chi connectivity index (χ4v) is 2.19. The van der Waals surface area contributed by atoms with E-state index >= 15 is 0 Å². The molecule has 1 aromatic carbocycles. The molecule has 1 saturated heterocycles. The van der Waals surface area contributed by atoms with E-state index in [9.17, 15) is 0 Å². The third-order valence-corrected chi connectivity index (χ3v) is 3.37. The second-order valence-corrected chi connectivity index (χ2v) is 4.72. The summed E-state index contributed by atoms with van der Waals surface area (Å²) in [6, 6.07) is 10.2. The average molecular weight is 261 g/mol. The van der Waals surface area contributed by atoms with Crippen LogP contribution in [0.3, 0.4) is 0 Å². The van der Waals surface area contributed by atoms with Crippen molar-refractivity contribution in [1.29, 1.82) is 0 Å². The van der Waals surface area contributed by atoms with Gasteiger partial charge in [-0.3, -0.25) is 0 Å². The predicted molar refractivity (Wildman–Crippen MR) is 77.9 cm³/mol. The Balaban J connectivity index is 1.80. The van der Waals surface area contributed by atoms with E-state index < -0.39 is 0 Å². The van der Waals surface area contributed by atoms with Crippen LogP contribution in [-0.2, 0) is 9.47 Å². The maximum Gasteiger partial charge on any atom is 0.177 e. The Hall–Kier alpha value is -1.16. The van der Waals surface area contributed by atoms with E-state index in [0.29, 0.717) is 6.61 Å². The lowest BCUT2D eigenvalue weighted by atomic mass is 10.2. The molecule has 3 heteroatoms.